The van der Waals surface area contributed by atoms with E-state index < -0.39 is 0 Å². The van der Waals surface area contributed by atoms with Crippen molar-refractivity contribution < 1.29 is 9.53 Å². The lowest BCUT2D eigenvalue weighted by atomic mass is 10.2. The van der Waals surface area contributed by atoms with E-state index in [0.29, 0.717) is 13.2 Å². The van der Waals surface area contributed by atoms with Crippen molar-refractivity contribution in [1.29, 1.82) is 0 Å². The molecule has 0 bridgehead atoms. The van der Waals surface area contributed by atoms with Gasteiger partial charge in [0.25, 0.3) is 0 Å². The van der Waals surface area contributed by atoms with E-state index in [-0.39, 0.29) is 18.4 Å². The first-order valence-electron chi connectivity index (χ1n) is 7.19. The van der Waals surface area contributed by atoms with Crippen LogP contribution in [0.1, 0.15) is 23.2 Å². The van der Waals surface area contributed by atoms with Gasteiger partial charge in [0.05, 0.1) is 12.1 Å². The Morgan fingerprint density at radius 2 is 2.14 bits per heavy atom. The van der Waals surface area contributed by atoms with E-state index in [4.69, 9.17) is 10.5 Å². The quantitative estimate of drug-likeness (QED) is 0.819. The van der Waals surface area contributed by atoms with Gasteiger partial charge in [0.15, 0.2) is 0 Å². The van der Waals surface area contributed by atoms with E-state index >= 15 is 0 Å². The maximum atomic E-state index is 11.8. The molecule has 0 fully saturated rings. The summed E-state index contributed by atoms with van der Waals surface area (Å²) in [5.74, 6) is 0.756. The largest absolute Gasteiger partial charge is 0.486 e. The highest BCUT2D eigenvalue weighted by Gasteiger charge is 2.10. The van der Waals surface area contributed by atoms with Gasteiger partial charge >= 0.3 is 0 Å². The third kappa shape index (κ3) is 5.13. The van der Waals surface area contributed by atoms with Gasteiger partial charge in [-0.3, -0.25) is 4.79 Å². The molecule has 1 atom stereocenters. The molecule has 0 aliphatic heterocycles. The Morgan fingerprint density at radius 3 is 2.82 bits per heavy atom. The Balaban J connectivity index is 1.83. The molecule has 2 rings (SSSR count). The van der Waals surface area contributed by atoms with Crippen molar-refractivity contribution in [2.75, 3.05) is 6.54 Å². The predicted octanol–water partition coefficient (Wildman–Crippen LogP) is 2.04. The molecular formula is C16H21N3O2S. The minimum atomic E-state index is -0.0609. The highest BCUT2D eigenvalue weighted by molar-refractivity contribution is 7.09. The van der Waals surface area contributed by atoms with Gasteiger partial charge in [-0.15, -0.1) is 11.3 Å². The molecule has 6 heteroatoms. The number of hydrogen-bond acceptors (Lipinski definition) is 5. The molecule has 0 aliphatic rings. The number of nitrogens with one attached hydrogen (secondary N) is 1. The van der Waals surface area contributed by atoms with E-state index in [0.717, 1.165) is 16.5 Å². The number of nitrogens with two attached hydrogens (primary N) is 1. The van der Waals surface area contributed by atoms with E-state index in [1.165, 1.54) is 16.9 Å². The molecule has 2 aromatic rings. The number of rotatable bonds is 7. The van der Waals surface area contributed by atoms with E-state index in [9.17, 15) is 4.79 Å². The summed E-state index contributed by atoms with van der Waals surface area (Å²) in [5.41, 5.74) is 7.43. The van der Waals surface area contributed by atoms with Crippen molar-refractivity contribution in [3.8, 4) is 5.75 Å². The highest BCUT2D eigenvalue weighted by atomic mass is 32.1. The summed E-state index contributed by atoms with van der Waals surface area (Å²) >= 11 is 1.50. The lowest BCUT2D eigenvalue weighted by Crippen LogP contribution is -2.38. The molecule has 1 heterocycles. The van der Waals surface area contributed by atoms with Gasteiger partial charge in [0, 0.05) is 18.0 Å². The van der Waals surface area contributed by atoms with Crippen molar-refractivity contribution >= 4 is 17.2 Å². The zero-order chi connectivity index (χ0) is 15.9. The number of carbonyl (C=O) groups excluding carboxylic acids is 1. The van der Waals surface area contributed by atoms with Crippen LogP contribution in [-0.2, 0) is 17.8 Å². The lowest BCUT2D eigenvalue weighted by molar-refractivity contribution is -0.121. The number of benzene rings is 1. The molecule has 1 amide bonds. The minimum absolute atomic E-state index is 0.0181. The fourth-order valence-corrected chi connectivity index (χ4v) is 2.53. The van der Waals surface area contributed by atoms with Crippen molar-refractivity contribution in [3.63, 3.8) is 0 Å². The van der Waals surface area contributed by atoms with Crippen LogP contribution in [0.15, 0.2) is 29.6 Å². The van der Waals surface area contributed by atoms with Crippen LogP contribution in [0.5, 0.6) is 5.75 Å². The molecular weight excluding hydrogens is 298 g/mol. The van der Waals surface area contributed by atoms with Crippen molar-refractivity contribution in [1.82, 2.24) is 10.3 Å². The van der Waals surface area contributed by atoms with Gasteiger partial charge < -0.3 is 15.8 Å². The van der Waals surface area contributed by atoms with Crippen LogP contribution in [0.2, 0.25) is 0 Å². The number of amides is 1. The molecule has 22 heavy (non-hydrogen) atoms. The Kier molecular flexibility index (Phi) is 5.91. The fraction of sp³-hybridized carbons (Fsp3) is 0.375. The average molecular weight is 319 g/mol. The Labute approximate surface area is 134 Å². The standard InChI is InChI=1S/C16H21N3O2S/c1-11-3-5-14(6-4-11)21-9-16-19-13(10-22-16)7-15(20)18-12(2)8-17/h3-6,10,12H,7-9,17H2,1-2H3,(H,18,20)/t12-/m0/s1. The molecule has 0 radical (unpaired) electrons. The molecule has 1 aromatic heterocycles. The molecule has 1 aromatic carbocycles. The number of aromatic nitrogens is 1. The first kappa shape index (κ1) is 16.5. The van der Waals surface area contributed by atoms with Crippen molar-refractivity contribution in [2.45, 2.75) is 32.9 Å². The van der Waals surface area contributed by atoms with Crippen LogP contribution in [0.25, 0.3) is 0 Å². The molecule has 0 aliphatic carbocycles. The fourth-order valence-electron chi connectivity index (χ4n) is 1.83. The summed E-state index contributed by atoms with van der Waals surface area (Å²) in [7, 11) is 0. The summed E-state index contributed by atoms with van der Waals surface area (Å²) in [5, 5.41) is 5.57. The van der Waals surface area contributed by atoms with E-state index in [2.05, 4.69) is 10.3 Å². The molecule has 3 N–H and O–H groups in total. The van der Waals surface area contributed by atoms with Crippen LogP contribution < -0.4 is 15.8 Å². The van der Waals surface area contributed by atoms with E-state index in [1.54, 1.807) is 0 Å². The maximum absolute atomic E-state index is 11.8. The minimum Gasteiger partial charge on any atom is -0.486 e. The number of carbonyl (C=O) groups is 1. The first-order valence-corrected chi connectivity index (χ1v) is 8.07. The second-order valence-corrected chi connectivity index (χ2v) is 6.16. The molecule has 118 valence electrons. The van der Waals surface area contributed by atoms with Crippen molar-refractivity contribution in [3.05, 3.63) is 45.9 Å². The number of aryl methyl sites for hydroxylation is 1. The van der Waals surface area contributed by atoms with E-state index in [1.807, 2.05) is 43.5 Å². The summed E-state index contributed by atoms with van der Waals surface area (Å²) < 4.78 is 5.68. The third-order valence-electron chi connectivity index (χ3n) is 3.09. The van der Waals surface area contributed by atoms with Gasteiger partial charge in [-0.1, -0.05) is 17.7 Å². The summed E-state index contributed by atoms with van der Waals surface area (Å²) in [6.45, 7) is 4.75. The molecule has 5 nitrogen and oxygen atoms in total. The van der Waals surface area contributed by atoms with Gasteiger partial charge in [-0.25, -0.2) is 4.98 Å². The lowest BCUT2D eigenvalue weighted by Gasteiger charge is -2.10. The number of hydrogen-bond donors (Lipinski definition) is 2. The monoisotopic (exact) mass is 319 g/mol. The SMILES string of the molecule is Cc1ccc(OCc2nc(CC(=O)N[C@@H](C)CN)cs2)cc1. The highest BCUT2D eigenvalue weighted by Crippen LogP contribution is 2.16. The maximum Gasteiger partial charge on any atom is 0.226 e. The van der Waals surface area contributed by atoms with Gasteiger partial charge in [0.1, 0.15) is 17.4 Å². The summed E-state index contributed by atoms with van der Waals surface area (Å²) in [6.07, 6.45) is 0.269. The zero-order valence-corrected chi connectivity index (χ0v) is 13.7. The Bertz CT molecular complexity index is 610. The van der Waals surface area contributed by atoms with Crippen LogP contribution in [0.4, 0.5) is 0 Å². The number of nitrogens with zero attached hydrogens (tertiary/aromatic N) is 1. The second-order valence-electron chi connectivity index (χ2n) is 5.22. The second kappa shape index (κ2) is 7.91. The normalized spacial score (nSPS) is 12.0. The Hall–Kier alpha value is -1.92. The summed E-state index contributed by atoms with van der Waals surface area (Å²) in [6, 6.07) is 7.86. The van der Waals surface area contributed by atoms with Crippen LogP contribution in [-0.4, -0.2) is 23.5 Å². The first-order chi connectivity index (χ1) is 10.6. The third-order valence-corrected chi connectivity index (χ3v) is 3.96. The Morgan fingerprint density at radius 1 is 1.41 bits per heavy atom. The summed E-state index contributed by atoms with van der Waals surface area (Å²) in [4.78, 5) is 16.2. The molecule has 0 unspecified atom stereocenters. The molecule has 0 saturated carbocycles. The van der Waals surface area contributed by atoms with Crippen LogP contribution in [0.3, 0.4) is 0 Å². The zero-order valence-electron chi connectivity index (χ0n) is 12.8. The topological polar surface area (TPSA) is 77.2 Å². The average Bonchev–Trinajstić information content (AvgIpc) is 2.93. The molecule has 0 saturated heterocycles. The smallest absolute Gasteiger partial charge is 0.226 e. The van der Waals surface area contributed by atoms with Gasteiger partial charge in [0.2, 0.25) is 5.91 Å². The van der Waals surface area contributed by atoms with Crippen LogP contribution in [0, 0.1) is 6.92 Å². The van der Waals surface area contributed by atoms with Gasteiger partial charge in [-0.2, -0.15) is 0 Å². The molecule has 0 spiro atoms. The van der Waals surface area contributed by atoms with Crippen LogP contribution >= 0.6 is 11.3 Å². The predicted molar refractivity (Wildman–Crippen MR) is 88.0 cm³/mol. The van der Waals surface area contributed by atoms with Gasteiger partial charge in [-0.05, 0) is 26.0 Å². The van der Waals surface area contributed by atoms with Crippen molar-refractivity contribution in [2.24, 2.45) is 5.73 Å². The number of ether oxygens (including phenoxy) is 1. The number of thiazole rings is 1.